The molecule has 0 amide bonds. The van der Waals surface area contributed by atoms with E-state index < -0.39 is 0 Å². The lowest BCUT2D eigenvalue weighted by molar-refractivity contribution is 0.102. The second-order valence-electron chi connectivity index (χ2n) is 2.60. The van der Waals surface area contributed by atoms with Gasteiger partial charge in [0.15, 0.2) is 5.78 Å². The van der Waals surface area contributed by atoms with Crippen LogP contribution in [0.4, 0.5) is 0 Å². The molecule has 0 saturated carbocycles. The van der Waals surface area contributed by atoms with Crippen LogP contribution in [0.15, 0.2) is 18.2 Å². The normalized spacial score (nSPS) is 9.83. The van der Waals surface area contributed by atoms with E-state index in [2.05, 4.69) is 12.6 Å². The summed E-state index contributed by atoms with van der Waals surface area (Å²) >= 11 is 3.84. The van der Waals surface area contributed by atoms with Crippen LogP contribution in [0, 0.1) is 6.92 Å². The molecule has 2 nitrogen and oxygen atoms in total. The van der Waals surface area contributed by atoms with Crippen LogP contribution in [-0.2, 0) is 0 Å². The van der Waals surface area contributed by atoms with Crippen LogP contribution in [0.5, 0.6) is 5.75 Å². The molecule has 0 radical (unpaired) electrons. The molecule has 0 aliphatic heterocycles. The Balaban J connectivity index is 3.09. The number of rotatable bonds is 2. The molecule has 1 aromatic rings. The van der Waals surface area contributed by atoms with Crippen LogP contribution in [0.2, 0.25) is 0 Å². The maximum absolute atomic E-state index is 11.1. The van der Waals surface area contributed by atoms with E-state index in [4.69, 9.17) is 0 Å². The number of phenols is 1. The lowest BCUT2D eigenvalue weighted by Crippen LogP contribution is -2.00. The van der Waals surface area contributed by atoms with E-state index in [-0.39, 0.29) is 17.3 Å². The Morgan fingerprint density at radius 2 is 2.25 bits per heavy atom. The molecule has 0 spiro atoms. The third-order valence-corrected chi connectivity index (χ3v) is 1.88. The Morgan fingerprint density at radius 1 is 1.58 bits per heavy atom. The number of benzene rings is 1. The van der Waals surface area contributed by atoms with E-state index in [0.29, 0.717) is 5.56 Å². The third-order valence-electron chi connectivity index (χ3n) is 1.60. The summed E-state index contributed by atoms with van der Waals surface area (Å²) in [6.45, 7) is 1.86. The van der Waals surface area contributed by atoms with Gasteiger partial charge in [-0.1, -0.05) is 6.07 Å². The molecule has 0 heterocycles. The predicted octanol–water partition coefficient (Wildman–Crippen LogP) is 1.81. The van der Waals surface area contributed by atoms with Gasteiger partial charge in [-0.05, 0) is 24.6 Å². The minimum atomic E-state index is -0.157. The molecule has 0 atom stereocenters. The van der Waals surface area contributed by atoms with Crippen molar-refractivity contribution < 1.29 is 9.90 Å². The Kier molecular flexibility index (Phi) is 2.76. The molecule has 1 N–H and O–H groups in total. The lowest BCUT2D eigenvalue weighted by Gasteiger charge is -2.01. The first-order valence-electron chi connectivity index (χ1n) is 3.59. The number of hydrogen-bond acceptors (Lipinski definition) is 3. The van der Waals surface area contributed by atoms with E-state index in [0.717, 1.165) is 5.56 Å². The zero-order valence-electron chi connectivity index (χ0n) is 6.74. The summed E-state index contributed by atoms with van der Waals surface area (Å²) < 4.78 is 0. The Morgan fingerprint density at radius 3 is 2.75 bits per heavy atom. The van der Waals surface area contributed by atoms with Crippen LogP contribution in [-0.4, -0.2) is 16.6 Å². The minimum Gasteiger partial charge on any atom is -0.507 e. The largest absolute Gasteiger partial charge is 0.507 e. The number of Topliss-reactive ketones (excluding diaryl/α,β-unsaturated/α-hetero) is 1. The number of thiol groups is 1. The molecule has 3 heteroatoms. The van der Waals surface area contributed by atoms with Crippen molar-refractivity contribution in [3.8, 4) is 5.75 Å². The maximum Gasteiger partial charge on any atom is 0.176 e. The monoisotopic (exact) mass is 182 g/mol. The van der Waals surface area contributed by atoms with Crippen LogP contribution in [0.3, 0.4) is 0 Å². The fraction of sp³-hybridized carbons (Fsp3) is 0.222. The predicted molar refractivity (Wildman–Crippen MR) is 51.0 cm³/mol. The zero-order valence-corrected chi connectivity index (χ0v) is 7.64. The van der Waals surface area contributed by atoms with Crippen molar-refractivity contribution >= 4 is 18.4 Å². The average Bonchev–Trinajstić information content (AvgIpc) is 2.03. The summed E-state index contributed by atoms with van der Waals surface area (Å²) in [4.78, 5) is 11.1. The fourth-order valence-electron chi connectivity index (χ4n) is 0.963. The van der Waals surface area contributed by atoms with E-state index >= 15 is 0 Å². The van der Waals surface area contributed by atoms with Crippen molar-refractivity contribution in [1.29, 1.82) is 0 Å². The first-order chi connectivity index (χ1) is 5.65. The van der Waals surface area contributed by atoms with E-state index in [9.17, 15) is 9.90 Å². The third kappa shape index (κ3) is 1.80. The first kappa shape index (κ1) is 9.13. The van der Waals surface area contributed by atoms with E-state index in [1.165, 1.54) is 0 Å². The number of aryl methyl sites for hydroxylation is 1. The second kappa shape index (κ2) is 3.63. The summed E-state index contributed by atoms with van der Waals surface area (Å²) in [6, 6.07) is 4.97. The fourth-order valence-corrected chi connectivity index (χ4v) is 1.13. The molecule has 12 heavy (non-hydrogen) atoms. The number of phenolic OH excluding ortho intramolecular Hbond substituents is 1. The molecule has 0 bridgehead atoms. The number of hydrogen-bond donors (Lipinski definition) is 2. The molecular formula is C9H10O2S. The Hall–Kier alpha value is -0.960. The van der Waals surface area contributed by atoms with Crippen molar-refractivity contribution in [3.05, 3.63) is 29.3 Å². The van der Waals surface area contributed by atoms with Gasteiger partial charge >= 0.3 is 0 Å². The quantitative estimate of drug-likeness (QED) is 0.540. The van der Waals surface area contributed by atoms with Gasteiger partial charge in [-0.2, -0.15) is 12.6 Å². The molecular weight excluding hydrogens is 172 g/mol. The van der Waals surface area contributed by atoms with Gasteiger partial charge in [-0.3, -0.25) is 4.79 Å². The minimum absolute atomic E-state index is 0.0362. The molecule has 0 unspecified atom stereocenters. The van der Waals surface area contributed by atoms with Crippen molar-refractivity contribution in [2.24, 2.45) is 0 Å². The highest BCUT2D eigenvalue weighted by Crippen LogP contribution is 2.18. The van der Waals surface area contributed by atoms with Gasteiger partial charge in [0.25, 0.3) is 0 Å². The second-order valence-corrected chi connectivity index (χ2v) is 2.92. The van der Waals surface area contributed by atoms with Gasteiger partial charge in [-0.25, -0.2) is 0 Å². The summed E-state index contributed by atoms with van der Waals surface area (Å²) in [5.41, 5.74) is 1.28. The lowest BCUT2D eigenvalue weighted by atomic mass is 10.1. The van der Waals surface area contributed by atoms with Crippen molar-refractivity contribution in [2.45, 2.75) is 6.92 Å². The molecule has 0 saturated heterocycles. The number of aromatic hydroxyl groups is 1. The molecule has 1 aromatic carbocycles. The summed E-state index contributed by atoms with van der Waals surface area (Å²) in [7, 11) is 0. The van der Waals surface area contributed by atoms with Gasteiger partial charge in [0.2, 0.25) is 0 Å². The standard InChI is InChI=1S/C9H10O2S/c1-6-2-3-7(8(10)4-6)9(11)5-12/h2-4,10,12H,5H2,1H3. The highest BCUT2D eigenvalue weighted by molar-refractivity contribution is 7.81. The van der Waals surface area contributed by atoms with Crippen molar-refractivity contribution in [1.82, 2.24) is 0 Å². The van der Waals surface area contributed by atoms with Crippen molar-refractivity contribution in [2.75, 3.05) is 5.75 Å². The molecule has 0 aliphatic rings. The summed E-state index contributed by atoms with van der Waals surface area (Å²) in [6.07, 6.45) is 0. The average molecular weight is 182 g/mol. The Labute approximate surface area is 76.6 Å². The van der Waals surface area contributed by atoms with Crippen LogP contribution < -0.4 is 0 Å². The highest BCUT2D eigenvalue weighted by Gasteiger charge is 2.08. The summed E-state index contributed by atoms with van der Waals surface area (Å²) in [5.74, 6) is 0.00117. The Bertz CT molecular complexity index is 307. The molecule has 0 aromatic heterocycles. The van der Waals surface area contributed by atoms with Gasteiger partial charge in [0.1, 0.15) is 5.75 Å². The van der Waals surface area contributed by atoms with Gasteiger partial charge in [-0.15, -0.1) is 0 Å². The van der Waals surface area contributed by atoms with Crippen LogP contribution in [0.1, 0.15) is 15.9 Å². The molecule has 64 valence electrons. The van der Waals surface area contributed by atoms with Gasteiger partial charge in [0, 0.05) is 0 Å². The zero-order chi connectivity index (χ0) is 9.14. The topological polar surface area (TPSA) is 37.3 Å². The SMILES string of the molecule is Cc1ccc(C(=O)CS)c(O)c1. The smallest absolute Gasteiger partial charge is 0.176 e. The summed E-state index contributed by atoms with van der Waals surface area (Å²) in [5, 5.41) is 9.34. The van der Waals surface area contributed by atoms with Crippen molar-refractivity contribution in [3.63, 3.8) is 0 Å². The number of carbonyl (C=O) groups is 1. The maximum atomic E-state index is 11.1. The van der Waals surface area contributed by atoms with Crippen LogP contribution >= 0.6 is 12.6 Å². The van der Waals surface area contributed by atoms with Gasteiger partial charge in [0.05, 0.1) is 11.3 Å². The number of ketones is 1. The number of carbonyl (C=O) groups excluding carboxylic acids is 1. The molecule has 1 rings (SSSR count). The molecule has 0 aliphatic carbocycles. The first-order valence-corrected chi connectivity index (χ1v) is 4.22. The highest BCUT2D eigenvalue weighted by atomic mass is 32.1. The van der Waals surface area contributed by atoms with E-state index in [1.54, 1.807) is 18.2 Å². The van der Waals surface area contributed by atoms with Crippen LogP contribution in [0.25, 0.3) is 0 Å². The van der Waals surface area contributed by atoms with Gasteiger partial charge < -0.3 is 5.11 Å². The molecule has 0 fully saturated rings. The van der Waals surface area contributed by atoms with E-state index in [1.807, 2.05) is 6.92 Å².